The van der Waals surface area contributed by atoms with E-state index in [4.69, 9.17) is 16.3 Å². The van der Waals surface area contributed by atoms with Crippen LogP contribution in [0.2, 0.25) is 5.02 Å². The van der Waals surface area contributed by atoms with Gasteiger partial charge in [0.1, 0.15) is 11.4 Å². The second-order valence-corrected chi connectivity index (χ2v) is 8.08. The predicted molar refractivity (Wildman–Crippen MR) is 119 cm³/mol. The molecule has 0 radical (unpaired) electrons. The van der Waals surface area contributed by atoms with E-state index in [-0.39, 0.29) is 22.6 Å². The minimum Gasteiger partial charge on any atom is -0.494 e. The molecule has 0 N–H and O–H groups in total. The molecule has 0 saturated heterocycles. The fourth-order valence-electron chi connectivity index (χ4n) is 2.91. The third kappa shape index (κ3) is 4.27. The third-order valence-electron chi connectivity index (χ3n) is 4.42. The molecule has 2 aromatic heterocycles. The molecular formula is C22H18ClN3O3S. The number of hydrogen-bond acceptors (Lipinski definition) is 6. The number of rotatable bonds is 6. The Balaban J connectivity index is 1.70. The van der Waals surface area contributed by atoms with Crippen LogP contribution in [0.4, 0.5) is 0 Å². The smallest absolute Gasteiger partial charge is 0.296 e. The van der Waals surface area contributed by atoms with Gasteiger partial charge in [-0.3, -0.25) is 9.59 Å². The van der Waals surface area contributed by atoms with Crippen LogP contribution in [-0.2, 0) is 6.42 Å². The molecule has 4 aromatic rings. The van der Waals surface area contributed by atoms with Crippen LogP contribution in [0.15, 0.2) is 58.1 Å². The third-order valence-corrected chi connectivity index (χ3v) is 5.74. The maximum atomic E-state index is 12.8. The Hall–Kier alpha value is -3.03. The molecule has 0 fully saturated rings. The summed E-state index contributed by atoms with van der Waals surface area (Å²) in [7, 11) is 0. The van der Waals surface area contributed by atoms with Gasteiger partial charge in [0, 0.05) is 11.4 Å². The number of fused-ring (bicyclic) bond motifs is 1. The van der Waals surface area contributed by atoms with Crippen LogP contribution in [0, 0.1) is 0 Å². The molecule has 2 heterocycles. The number of thiazole rings is 1. The normalized spacial score (nSPS) is 11.9. The lowest BCUT2D eigenvalue weighted by Gasteiger charge is -2.03. The van der Waals surface area contributed by atoms with E-state index in [9.17, 15) is 9.59 Å². The van der Waals surface area contributed by atoms with E-state index in [1.165, 1.54) is 4.52 Å². The van der Waals surface area contributed by atoms with Gasteiger partial charge in [0.25, 0.3) is 11.1 Å². The van der Waals surface area contributed by atoms with Crippen molar-refractivity contribution in [2.24, 2.45) is 0 Å². The van der Waals surface area contributed by atoms with E-state index in [1.54, 1.807) is 12.1 Å². The number of nitrogens with zero attached hydrogens (tertiary/aromatic N) is 3. The first kappa shape index (κ1) is 20.3. The molecule has 0 atom stereocenters. The lowest BCUT2D eigenvalue weighted by molar-refractivity contribution is 0.317. The maximum absolute atomic E-state index is 12.8. The average Bonchev–Trinajstić information content (AvgIpc) is 3.04. The molecule has 0 aliphatic rings. The predicted octanol–water partition coefficient (Wildman–Crippen LogP) is 3.09. The van der Waals surface area contributed by atoms with Crippen molar-refractivity contribution in [2.45, 2.75) is 19.8 Å². The molecule has 0 saturated carbocycles. The SMILES string of the molecule is CCCOc1ccc(/C=c2/sc3nc(=O)c(Cc4ccccc4Cl)nn3c2=O)cc1. The Bertz CT molecular complexity index is 1360. The molecular weight excluding hydrogens is 422 g/mol. The maximum Gasteiger partial charge on any atom is 0.296 e. The van der Waals surface area contributed by atoms with Crippen molar-refractivity contribution in [1.82, 2.24) is 14.6 Å². The molecule has 152 valence electrons. The first-order valence-electron chi connectivity index (χ1n) is 9.46. The molecule has 0 spiro atoms. The molecule has 2 aromatic carbocycles. The Labute approximate surface area is 181 Å². The van der Waals surface area contributed by atoms with Crippen molar-refractivity contribution >= 4 is 34.0 Å². The van der Waals surface area contributed by atoms with Gasteiger partial charge >= 0.3 is 0 Å². The van der Waals surface area contributed by atoms with Gasteiger partial charge in [0.15, 0.2) is 0 Å². The largest absolute Gasteiger partial charge is 0.494 e. The number of hydrogen-bond donors (Lipinski definition) is 0. The summed E-state index contributed by atoms with van der Waals surface area (Å²) in [5.74, 6) is 0.783. The second kappa shape index (κ2) is 8.77. The highest BCUT2D eigenvalue weighted by atomic mass is 35.5. The fourth-order valence-corrected chi connectivity index (χ4v) is 4.01. The van der Waals surface area contributed by atoms with Crippen LogP contribution in [0.1, 0.15) is 30.2 Å². The number of halogens is 1. The monoisotopic (exact) mass is 439 g/mol. The average molecular weight is 440 g/mol. The number of benzene rings is 2. The molecule has 0 aliphatic heterocycles. The van der Waals surface area contributed by atoms with Crippen LogP contribution in [0.25, 0.3) is 11.0 Å². The van der Waals surface area contributed by atoms with Crippen molar-refractivity contribution in [2.75, 3.05) is 6.61 Å². The fraction of sp³-hybridized carbons (Fsp3) is 0.182. The lowest BCUT2D eigenvalue weighted by Crippen LogP contribution is -2.28. The minimum absolute atomic E-state index is 0.180. The molecule has 0 aliphatic carbocycles. The highest BCUT2D eigenvalue weighted by molar-refractivity contribution is 7.15. The van der Waals surface area contributed by atoms with E-state index >= 15 is 0 Å². The van der Waals surface area contributed by atoms with Gasteiger partial charge in [0.2, 0.25) is 4.96 Å². The van der Waals surface area contributed by atoms with Crippen molar-refractivity contribution in [3.05, 3.63) is 95.6 Å². The zero-order chi connectivity index (χ0) is 21.1. The molecule has 4 rings (SSSR count). The molecule has 6 nitrogen and oxygen atoms in total. The summed E-state index contributed by atoms with van der Waals surface area (Å²) in [5, 5.41) is 4.80. The van der Waals surface area contributed by atoms with E-state index < -0.39 is 5.56 Å². The van der Waals surface area contributed by atoms with Gasteiger partial charge in [-0.05, 0) is 41.8 Å². The standard InChI is InChI=1S/C22H18ClN3O3S/c1-2-11-29-16-9-7-14(8-10-16)12-19-21(28)26-22(30-19)24-20(27)18(25-26)13-15-5-3-4-6-17(15)23/h3-10,12H,2,11,13H2,1H3/b19-12+. The molecule has 0 unspecified atom stereocenters. The Morgan fingerprint density at radius 1 is 1.13 bits per heavy atom. The summed E-state index contributed by atoms with van der Waals surface area (Å²) in [6, 6.07) is 14.7. The van der Waals surface area contributed by atoms with Crippen molar-refractivity contribution < 1.29 is 4.74 Å². The van der Waals surface area contributed by atoms with Gasteiger partial charge in [-0.2, -0.15) is 14.6 Å². The van der Waals surface area contributed by atoms with E-state index in [2.05, 4.69) is 10.1 Å². The summed E-state index contributed by atoms with van der Waals surface area (Å²) < 4.78 is 7.21. The molecule has 30 heavy (non-hydrogen) atoms. The van der Waals surface area contributed by atoms with Gasteiger partial charge in [-0.1, -0.05) is 60.2 Å². The summed E-state index contributed by atoms with van der Waals surface area (Å²) in [6.45, 7) is 2.71. The van der Waals surface area contributed by atoms with Crippen LogP contribution in [0.3, 0.4) is 0 Å². The zero-order valence-electron chi connectivity index (χ0n) is 16.2. The van der Waals surface area contributed by atoms with Gasteiger partial charge in [-0.25, -0.2) is 0 Å². The topological polar surface area (TPSA) is 73.6 Å². The highest BCUT2D eigenvalue weighted by Gasteiger charge is 2.13. The first-order valence-corrected chi connectivity index (χ1v) is 10.7. The van der Waals surface area contributed by atoms with Crippen LogP contribution >= 0.6 is 22.9 Å². The number of aromatic nitrogens is 3. The van der Waals surface area contributed by atoms with Crippen LogP contribution in [-0.4, -0.2) is 21.2 Å². The van der Waals surface area contributed by atoms with Crippen LogP contribution in [0.5, 0.6) is 5.75 Å². The summed E-state index contributed by atoms with van der Waals surface area (Å²) in [6.07, 6.45) is 2.90. The Morgan fingerprint density at radius 2 is 1.90 bits per heavy atom. The van der Waals surface area contributed by atoms with E-state index in [0.29, 0.717) is 16.2 Å². The van der Waals surface area contributed by atoms with Crippen molar-refractivity contribution in [3.8, 4) is 5.75 Å². The van der Waals surface area contributed by atoms with Gasteiger partial charge < -0.3 is 4.74 Å². The quantitative estimate of drug-likeness (QED) is 0.461. The number of ether oxygens (including phenoxy) is 1. The van der Waals surface area contributed by atoms with E-state index in [1.807, 2.05) is 49.4 Å². The summed E-state index contributed by atoms with van der Waals surface area (Å²) in [4.78, 5) is 29.5. The van der Waals surface area contributed by atoms with Crippen molar-refractivity contribution in [3.63, 3.8) is 0 Å². The van der Waals surface area contributed by atoms with Gasteiger partial charge in [0.05, 0.1) is 11.1 Å². The highest BCUT2D eigenvalue weighted by Crippen LogP contribution is 2.17. The lowest BCUT2D eigenvalue weighted by atomic mass is 10.1. The van der Waals surface area contributed by atoms with E-state index in [0.717, 1.165) is 34.6 Å². The molecule has 0 amide bonds. The Kier molecular flexibility index (Phi) is 5.92. The Morgan fingerprint density at radius 3 is 2.63 bits per heavy atom. The first-order chi connectivity index (χ1) is 14.5. The summed E-state index contributed by atoms with van der Waals surface area (Å²) in [5.41, 5.74) is 1.01. The van der Waals surface area contributed by atoms with Gasteiger partial charge in [-0.15, -0.1) is 0 Å². The van der Waals surface area contributed by atoms with Crippen LogP contribution < -0.4 is 20.4 Å². The summed E-state index contributed by atoms with van der Waals surface area (Å²) >= 11 is 7.31. The zero-order valence-corrected chi connectivity index (χ0v) is 17.7. The second-order valence-electron chi connectivity index (χ2n) is 6.66. The minimum atomic E-state index is -0.458. The van der Waals surface area contributed by atoms with Crippen molar-refractivity contribution in [1.29, 1.82) is 0 Å². The molecule has 0 bridgehead atoms. The molecule has 8 heteroatoms.